The van der Waals surface area contributed by atoms with E-state index in [1.165, 1.54) is 11.1 Å². The summed E-state index contributed by atoms with van der Waals surface area (Å²) in [5, 5.41) is 0. The molecule has 0 spiro atoms. The molecule has 0 aromatic heterocycles. The van der Waals surface area contributed by atoms with E-state index in [9.17, 15) is 4.79 Å². The minimum atomic E-state index is 0.191. The minimum absolute atomic E-state index is 0.191. The Bertz CT molecular complexity index is 401. The third kappa shape index (κ3) is 3.34. The lowest BCUT2D eigenvalue weighted by Gasteiger charge is -2.30. The van der Waals surface area contributed by atoms with E-state index in [2.05, 4.69) is 53.7 Å². The van der Waals surface area contributed by atoms with Crippen LogP contribution in [0.5, 0.6) is 0 Å². The summed E-state index contributed by atoms with van der Waals surface area (Å²) in [6, 6.07) is 6.37. The van der Waals surface area contributed by atoms with Crippen molar-refractivity contribution in [1.29, 1.82) is 0 Å². The predicted octanol–water partition coefficient (Wildman–Crippen LogP) is 4.09. The van der Waals surface area contributed by atoms with Crippen molar-refractivity contribution in [2.75, 3.05) is 4.90 Å². The van der Waals surface area contributed by atoms with Crippen LogP contribution >= 0.6 is 0 Å². The van der Waals surface area contributed by atoms with Gasteiger partial charge in [0.2, 0.25) is 5.91 Å². The maximum absolute atomic E-state index is 12.4. The molecular formula is C16H25NO. The number of hydrogen-bond acceptors (Lipinski definition) is 1. The van der Waals surface area contributed by atoms with Crippen molar-refractivity contribution < 1.29 is 4.79 Å². The van der Waals surface area contributed by atoms with E-state index in [0.29, 0.717) is 12.3 Å². The summed E-state index contributed by atoms with van der Waals surface area (Å²) >= 11 is 0. The summed E-state index contributed by atoms with van der Waals surface area (Å²) in [6.07, 6.45) is 0.603. The van der Waals surface area contributed by atoms with E-state index in [1.54, 1.807) is 0 Å². The molecule has 18 heavy (non-hydrogen) atoms. The molecule has 0 saturated heterocycles. The number of para-hydroxylation sites is 1. The van der Waals surface area contributed by atoms with Crippen LogP contribution in [0.15, 0.2) is 18.2 Å². The summed E-state index contributed by atoms with van der Waals surface area (Å²) in [7, 11) is 0. The molecule has 0 unspecified atom stereocenters. The Kier molecular flexibility index (Phi) is 4.94. The predicted molar refractivity (Wildman–Crippen MR) is 78.0 cm³/mol. The van der Waals surface area contributed by atoms with Crippen LogP contribution in [0.1, 0.15) is 45.2 Å². The first kappa shape index (κ1) is 14.7. The van der Waals surface area contributed by atoms with Crippen molar-refractivity contribution in [3.63, 3.8) is 0 Å². The average Bonchev–Trinajstić information content (AvgIpc) is 2.21. The highest BCUT2D eigenvalue weighted by atomic mass is 16.2. The number of hydrogen-bond donors (Lipinski definition) is 0. The number of rotatable bonds is 4. The van der Waals surface area contributed by atoms with E-state index in [-0.39, 0.29) is 11.9 Å². The lowest BCUT2D eigenvalue weighted by atomic mass is 10.0. The molecule has 0 radical (unpaired) electrons. The van der Waals surface area contributed by atoms with E-state index in [0.717, 1.165) is 5.69 Å². The fourth-order valence-corrected chi connectivity index (χ4v) is 2.30. The Morgan fingerprint density at radius 1 is 1.11 bits per heavy atom. The lowest BCUT2D eigenvalue weighted by Crippen LogP contribution is -2.38. The van der Waals surface area contributed by atoms with Crippen LogP contribution in [0, 0.1) is 19.8 Å². The Morgan fingerprint density at radius 2 is 1.61 bits per heavy atom. The highest BCUT2D eigenvalue weighted by Gasteiger charge is 2.22. The second-order valence-corrected chi connectivity index (χ2v) is 5.70. The topological polar surface area (TPSA) is 20.3 Å². The van der Waals surface area contributed by atoms with Gasteiger partial charge in [0.1, 0.15) is 0 Å². The number of benzene rings is 1. The summed E-state index contributed by atoms with van der Waals surface area (Å²) in [6.45, 7) is 12.5. The Hall–Kier alpha value is -1.31. The Balaban J connectivity index is 3.17. The molecule has 1 rings (SSSR count). The molecule has 2 nitrogen and oxygen atoms in total. The van der Waals surface area contributed by atoms with Gasteiger partial charge in [-0.25, -0.2) is 0 Å². The van der Waals surface area contributed by atoms with Crippen LogP contribution in [-0.4, -0.2) is 11.9 Å². The minimum Gasteiger partial charge on any atom is -0.309 e. The summed E-state index contributed by atoms with van der Waals surface area (Å²) in [4.78, 5) is 14.4. The van der Waals surface area contributed by atoms with Gasteiger partial charge in [0.15, 0.2) is 0 Å². The van der Waals surface area contributed by atoms with Crippen LogP contribution in [-0.2, 0) is 4.79 Å². The van der Waals surface area contributed by atoms with E-state index in [4.69, 9.17) is 0 Å². The first-order chi connectivity index (χ1) is 8.34. The molecule has 0 heterocycles. The number of amides is 1. The van der Waals surface area contributed by atoms with Crippen molar-refractivity contribution in [3.8, 4) is 0 Å². The van der Waals surface area contributed by atoms with Gasteiger partial charge in [-0.3, -0.25) is 4.79 Å². The van der Waals surface area contributed by atoms with Gasteiger partial charge in [-0.1, -0.05) is 32.0 Å². The fraction of sp³-hybridized carbons (Fsp3) is 0.562. The van der Waals surface area contributed by atoms with Crippen LogP contribution in [0.4, 0.5) is 5.69 Å². The van der Waals surface area contributed by atoms with Gasteiger partial charge in [0.25, 0.3) is 0 Å². The highest BCUT2D eigenvalue weighted by Crippen LogP contribution is 2.27. The first-order valence-corrected chi connectivity index (χ1v) is 6.72. The number of nitrogens with zero attached hydrogens (tertiary/aromatic N) is 1. The summed E-state index contributed by atoms with van der Waals surface area (Å²) in [5.41, 5.74) is 3.42. The molecule has 0 atom stereocenters. The molecule has 0 aliphatic carbocycles. The summed E-state index contributed by atoms with van der Waals surface area (Å²) < 4.78 is 0. The van der Waals surface area contributed by atoms with Gasteiger partial charge in [-0.15, -0.1) is 0 Å². The molecule has 1 aromatic carbocycles. The zero-order valence-corrected chi connectivity index (χ0v) is 12.4. The molecule has 1 aromatic rings. The van der Waals surface area contributed by atoms with Crippen molar-refractivity contribution in [2.24, 2.45) is 5.92 Å². The molecule has 100 valence electrons. The molecule has 0 N–H and O–H groups in total. The van der Waals surface area contributed by atoms with Gasteiger partial charge < -0.3 is 4.90 Å². The Labute approximate surface area is 111 Å². The number of carbonyl (C=O) groups is 1. The largest absolute Gasteiger partial charge is 0.309 e. The molecular weight excluding hydrogens is 222 g/mol. The van der Waals surface area contributed by atoms with E-state index < -0.39 is 0 Å². The van der Waals surface area contributed by atoms with Crippen LogP contribution in [0.3, 0.4) is 0 Å². The van der Waals surface area contributed by atoms with Crippen LogP contribution in [0.25, 0.3) is 0 Å². The zero-order valence-electron chi connectivity index (χ0n) is 12.4. The normalized spacial score (nSPS) is 11.1. The molecule has 0 bridgehead atoms. The molecule has 0 aliphatic heterocycles. The highest BCUT2D eigenvalue weighted by molar-refractivity contribution is 5.95. The van der Waals surface area contributed by atoms with Crippen molar-refractivity contribution in [1.82, 2.24) is 0 Å². The van der Waals surface area contributed by atoms with Gasteiger partial charge >= 0.3 is 0 Å². The third-order valence-corrected chi connectivity index (χ3v) is 3.05. The standard InChI is InChI=1S/C16H25NO/c1-11(2)10-15(18)17(12(3)4)16-13(5)8-7-9-14(16)6/h7-9,11-12H,10H2,1-6H3. The second kappa shape index (κ2) is 6.03. The van der Waals surface area contributed by atoms with Gasteiger partial charge in [-0.05, 0) is 44.7 Å². The smallest absolute Gasteiger partial charge is 0.227 e. The quantitative estimate of drug-likeness (QED) is 0.784. The molecule has 2 heteroatoms. The number of carbonyl (C=O) groups excluding carboxylic acids is 1. The SMILES string of the molecule is Cc1cccc(C)c1N(C(=O)CC(C)C)C(C)C. The second-order valence-electron chi connectivity index (χ2n) is 5.70. The molecule has 0 aliphatic rings. The fourth-order valence-electron chi connectivity index (χ4n) is 2.30. The maximum Gasteiger partial charge on any atom is 0.227 e. The molecule has 0 fully saturated rings. The van der Waals surface area contributed by atoms with Crippen LogP contribution < -0.4 is 4.90 Å². The first-order valence-electron chi connectivity index (χ1n) is 6.72. The van der Waals surface area contributed by atoms with E-state index >= 15 is 0 Å². The van der Waals surface area contributed by atoms with Gasteiger partial charge in [-0.2, -0.15) is 0 Å². The monoisotopic (exact) mass is 247 g/mol. The van der Waals surface area contributed by atoms with Crippen molar-refractivity contribution >= 4 is 11.6 Å². The Morgan fingerprint density at radius 3 is 2.00 bits per heavy atom. The van der Waals surface area contributed by atoms with E-state index in [1.807, 2.05) is 11.0 Å². The summed E-state index contributed by atoms with van der Waals surface area (Å²) in [5.74, 6) is 0.612. The third-order valence-electron chi connectivity index (χ3n) is 3.05. The zero-order chi connectivity index (χ0) is 13.9. The van der Waals surface area contributed by atoms with Crippen LogP contribution in [0.2, 0.25) is 0 Å². The molecule has 0 saturated carbocycles. The maximum atomic E-state index is 12.4. The average molecular weight is 247 g/mol. The lowest BCUT2D eigenvalue weighted by molar-refractivity contribution is -0.119. The van der Waals surface area contributed by atoms with Crippen molar-refractivity contribution in [2.45, 2.75) is 54.0 Å². The number of aryl methyl sites for hydroxylation is 2. The van der Waals surface area contributed by atoms with Gasteiger partial charge in [0.05, 0.1) is 0 Å². The number of anilines is 1. The molecule has 1 amide bonds. The van der Waals surface area contributed by atoms with Crippen molar-refractivity contribution in [3.05, 3.63) is 29.3 Å². The van der Waals surface area contributed by atoms with Gasteiger partial charge in [0, 0.05) is 18.2 Å².